The summed E-state index contributed by atoms with van der Waals surface area (Å²) in [6, 6.07) is 8.41. The van der Waals surface area contributed by atoms with Crippen LogP contribution in [0.4, 0.5) is 0 Å². The minimum Gasteiger partial charge on any atom is -0.376 e. The van der Waals surface area contributed by atoms with Gasteiger partial charge in [0.15, 0.2) is 0 Å². The van der Waals surface area contributed by atoms with Crippen LogP contribution in [0.2, 0.25) is 0 Å². The van der Waals surface area contributed by atoms with Gasteiger partial charge in [-0.3, -0.25) is 9.69 Å². The van der Waals surface area contributed by atoms with Crippen molar-refractivity contribution in [2.24, 2.45) is 0 Å². The standard InChI is InChI=1S/C16H25N3O2.ClH/c1-13-11-19(6-7-21-13)12-15-5-3-4-14(8-15)9-18-16(20)10-17-2;/h3-5,8,13,17H,6-7,9-12H2,1-2H3,(H,18,20);1H. The lowest BCUT2D eigenvalue weighted by atomic mass is 10.1. The van der Waals surface area contributed by atoms with Crippen LogP contribution in [-0.4, -0.2) is 50.2 Å². The van der Waals surface area contributed by atoms with Crippen molar-refractivity contribution in [3.8, 4) is 0 Å². The molecule has 0 radical (unpaired) electrons. The zero-order valence-electron chi connectivity index (χ0n) is 13.3. The van der Waals surface area contributed by atoms with E-state index >= 15 is 0 Å². The van der Waals surface area contributed by atoms with Gasteiger partial charge in [0.05, 0.1) is 19.3 Å². The molecule has 1 saturated heterocycles. The number of benzene rings is 1. The number of rotatable bonds is 6. The monoisotopic (exact) mass is 327 g/mol. The average Bonchev–Trinajstić information content (AvgIpc) is 2.46. The summed E-state index contributed by atoms with van der Waals surface area (Å²) in [4.78, 5) is 13.9. The number of carbonyl (C=O) groups excluding carboxylic acids is 1. The number of hydrogen-bond acceptors (Lipinski definition) is 4. The second-order valence-electron chi connectivity index (χ2n) is 5.54. The molecule has 1 aromatic carbocycles. The Morgan fingerprint density at radius 1 is 1.41 bits per heavy atom. The molecule has 2 N–H and O–H groups in total. The highest BCUT2D eigenvalue weighted by molar-refractivity contribution is 5.85. The molecule has 0 saturated carbocycles. The third-order valence-corrected chi connectivity index (χ3v) is 3.55. The Labute approximate surface area is 138 Å². The first kappa shape index (κ1) is 18.9. The Bertz CT molecular complexity index is 470. The van der Waals surface area contributed by atoms with E-state index < -0.39 is 0 Å². The molecule has 1 aromatic rings. The summed E-state index contributed by atoms with van der Waals surface area (Å²) < 4.78 is 5.56. The number of hydrogen-bond donors (Lipinski definition) is 2. The van der Waals surface area contributed by atoms with Gasteiger partial charge < -0.3 is 15.4 Å². The lowest BCUT2D eigenvalue weighted by Gasteiger charge is -2.31. The van der Waals surface area contributed by atoms with E-state index in [4.69, 9.17) is 4.74 Å². The van der Waals surface area contributed by atoms with Crippen molar-refractivity contribution in [2.75, 3.05) is 33.3 Å². The summed E-state index contributed by atoms with van der Waals surface area (Å²) in [6.07, 6.45) is 0.308. The topological polar surface area (TPSA) is 53.6 Å². The molecule has 124 valence electrons. The molecule has 1 aliphatic heterocycles. The van der Waals surface area contributed by atoms with Crippen LogP contribution in [-0.2, 0) is 22.6 Å². The van der Waals surface area contributed by atoms with Crippen LogP contribution < -0.4 is 10.6 Å². The van der Waals surface area contributed by atoms with E-state index in [-0.39, 0.29) is 18.3 Å². The van der Waals surface area contributed by atoms with Crippen LogP contribution in [0.5, 0.6) is 0 Å². The number of amides is 1. The van der Waals surface area contributed by atoms with Gasteiger partial charge in [-0.25, -0.2) is 0 Å². The highest BCUT2D eigenvalue weighted by atomic mass is 35.5. The van der Waals surface area contributed by atoms with Crippen LogP contribution in [0.15, 0.2) is 24.3 Å². The largest absolute Gasteiger partial charge is 0.376 e. The van der Waals surface area contributed by atoms with Crippen molar-refractivity contribution in [2.45, 2.75) is 26.1 Å². The van der Waals surface area contributed by atoms with Crippen molar-refractivity contribution >= 4 is 18.3 Å². The second kappa shape index (κ2) is 9.79. The number of morpholine rings is 1. The molecule has 0 bridgehead atoms. The number of likely N-dealkylation sites (N-methyl/N-ethyl adjacent to an activating group) is 1. The van der Waals surface area contributed by atoms with E-state index in [2.05, 4.69) is 40.7 Å². The fraction of sp³-hybridized carbons (Fsp3) is 0.562. The van der Waals surface area contributed by atoms with Gasteiger partial charge in [-0.2, -0.15) is 0 Å². The van der Waals surface area contributed by atoms with Gasteiger partial charge >= 0.3 is 0 Å². The Hall–Kier alpha value is -1.14. The summed E-state index contributed by atoms with van der Waals surface area (Å²) in [5.41, 5.74) is 2.42. The van der Waals surface area contributed by atoms with E-state index in [1.54, 1.807) is 7.05 Å². The van der Waals surface area contributed by atoms with Crippen molar-refractivity contribution in [3.05, 3.63) is 35.4 Å². The maximum Gasteiger partial charge on any atom is 0.234 e. The van der Waals surface area contributed by atoms with Crippen LogP contribution in [0.3, 0.4) is 0 Å². The molecule has 1 heterocycles. The Kier molecular flexibility index (Phi) is 8.42. The molecule has 0 spiro atoms. The summed E-state index contributed by atoms with van der Waals surface area (Å²) in [5, 5.41) is 5.75. The predicted molar refractivity (Wildman–Crippen MR) is 90.2 cm³/mol. The Balaban J connectivity index is 0.00000242. The lowest BCUT2D eigenvalue weighted by Crippen LogP contribution is -2.40. The predicted octanol–water partition coefficient (Wildman–Crippen LogP) is 1.16. The van der Waals surface area contributed by atoms with Gasteiger partial charge in [0.25, 0.3) is 0 Å². The molecule has 22 heavy (non-hydrogen) atoms. The van der Waals surface area contributed by atoms with Gasteiger partial charge in [0.1, 0.15) is 0 Å². The number of ether oxygens (including phenoxy) is 1. The molecule has 1 fully saturated rings. The van der Waals surface area contributed by atoms with Gasteiger partial charge in [-0.05, 0) is 25.1 Å². The van der Waals surface area contributed by atoms with Gasteiger partial charge in [0.2, 0.25) is 5.91 Å². The van der Waals surface area contributed by atoms with E-state index in [9.17, 15) is 4.79 Å². The van der Waals surface area contributed by atoms with Gasteiger partial charge in [0, 0.05) is 26.2 Å². The molecule has 1 atom stereocenters. The third kappa shape index (κ3) is 6.32. The van der Waals surface area contributed by atoms with Gasteiger partial charge in [-0.15, -0.1) is 12.4 Å². The SMILES string of the molecule is CNCC(=O)NCc1cccc(CN2CCOC(C)C2)c1.Cl. The smallest absolute Gasteiger partial charge is 0.234 e. The first-order valence-corrected chi connectivity index (χ1v) is 7.50. The molecule has 6 heteroatoms. The minimum absolute atomic E-state index is 0. The molecule has 1 aliphatic rings. The van der Waals surface area contributed by atoms with E-state index in [0.29, 0.717) is 19.2 Å². The van der Waals surface area contributed by atoms with E-state index in [1.165, 1.54) is 5.56 Å². The maximum absolute atomic E-state index is 11.5. The summed E-state index contributed by atoms with van der Waals surface area (Å²) in [5.74, 6) is 0.0184. The lowest BCUT2D eigenvalue weighted by molar-refractivity contribution is -0.120. The maximum atomic E-state index is 11.5. The molecular formula is C16H26ClN3O2. The average molecular weight is 328 g/mol. The fourth-order valence-electron chi connectivity index (χ4n) is 2.55. The van der Waals surface area contributed by atoms with Crippen molar-refractivity contribution in [1.82, 2.24) is 15.5 Å². The Morgan fingerprint density at radius 3 is 2.91 bits per heavy atom. The summed E-state index contributed by atoms with van der Waals surface area (Å²) in [6.45, 7) is 6.74. The van der Waals surface area contributed by atoms with Crippen LogP contribution in [0.1, 0.15) is 18.1 Å². The van der Waals surface area contributed by atoms with E-state index in [0.717, 1.165) is 31.8 Å². The zero-order chi connectivity index (χ0) is 15.1. The van der Waals surface area contributed by atoms with Crippen molar-refractivity contribution < 1.29 is 9.53 Å². The fourth-order valence-corrected chi connectivity index (χ4v) is 2.55. The summed E-state index contributed by atoms with van der Waals surface area (Å²) in [7, 11) is 1.77. The normalized spacial score (nSPS) is 18.5. The van der Waals surface area contributed by atoms with Crippen LogP contribution in [0, 0.1) is 0 Å². The molecule has 0 aromatic heterocycles. The molecule has 1 unspecified atom stereocenters. The third-order valence-electron chi connectivity index (χ3n) is 3.55. The highest BCUT2D eigenvalue weighted by Crippen LogP contribution is 2.12. The molecule has 0 aliphatic carbocycles. The van der Waals surface area contributed by atoms with E-state index in [1.807, 2.05) is 6.07 Å². The molecular weight excluding hydrogens is 302 g/mol. The summed E-state index contributed by atoms with van der Waals surface area (Å²) >= 11 is 0. The Morgan fingerprint density at radius 2 is 2.18 bits per heavy atom. The number of halogens is 1. The first-order valence-electron chi connectivity index (χ1n) is 7.50. The number of carbonyl (C=O) groups is 1. The molecule has 1 amide bonds. The van der Waals surface area contributed by atoms with Crippen molar-refractivity contribution in [1.29, 1.82) is 0 Å². The molecule has 5 nitrogen and oxygen atoms in total. The van der Waals surface area contributed by atoms with Crippen molar-refractivity contribution in [3.63, 3.8) is 0 Å². The first-order chi connectivity index (χ1) is 10.2. The highest BCUT2D eigenvalue weighted by Gasteiger charge is 2.16. The molecule has 2 rings (SSSR count). The zero-order valence-corrected chi connectivity index (χ0v) is 14.1. The number of nitrogens with one attached hydrogen (secondary N) is 2. The quantitative estimate of drug-likeness (QED) is 0.823. The second-order valence-corrected chi connectivity index (χ2v) is 5.54. The minimum atomic E-state index is 0. The van der Waals surface area contributed by atoms with Crippen LogP contribution in [0.25, 0.3) is 0 Å². The number of nitrogens with zero attached hydrogens (tertiary/aromatic N) is 1. The van der Waals surface area contributed by atoms with Crippen LogP contribution >= 0.6 is 12.4 Å². The van der Waals surface area contributed by atoms with Gasteiger partial charge in [-0.1, -0.05) is 24.3 Å².